The minimum Gasteiger partial charge on any atom is -0.313 e. The van der Waals surface area contributed by atoms with Gasteiger partial charge in [-0.1, -0.05) is 33.1 Å². The van der Waals surface area contributed by atoms with Gasteiger partial charge in [-0.3, -0.25) is 0 Å². The van der Waals surface area contributed by atoms with Crippen LogP contribution in [0.5, 0.6) is 0 Å². The fraction of sp³-hybridized carbons (Fsp3) is 1.00. The van der Waals surface area contributed by atoms with E-state index in [9.17, 15) is 0 Å². The second-order valence-electron chi connectivity index (χ2n) is 6.29. The third-order valence-corrected chi connectivity index (χ3v) is 4.26. The Hall–Kier alpha value is -0.0400. The van der Waals surface area contributed by atoms with Crippen LogP contribution in [0.4, 0.5) is 0 Å². The van der Waals surface area contributed by atoms with E-state index < -0.39 is 0 Å². The van der Waals surface area contributed by atoms with Gasteiger partial charge in [-0.05, 0) is 43.4 Å². The number of nitrogens with one attached hydrogen (secondary N) is 1. The van der Waals surface area contributed by atoms with E-state index in [-0.39, 0.29) is 0 Å². The molecule has 2 saturated carbocycles. The third-order valence-electron chi connectivity index (χ3n) is 4.26. The summed E-state index contributed by atoms with van der Waals surface area (Å²) in [5, 5.41) is 3.76. The molecule has 0 bridgehead atoms. The molecule has 0 unspecified atom stereocenters. The molecule has 0 aromatic heterocycles. The van der Waals surface area contributed by atoms with Crippen molar-refractivity contribution in [3.63, 3.8) is 0 Å². The molecule has 0 radical (unpaired) electrons. The molecule has 0 atom stereocenters. The molecule has 2 aliphatic carbocycles. The molecule has 2 fully saturated rings. The van der Waals surface area contributed by atoms with Crippen LogP contribution >= 0.6 is 0 Å². The van der Waals surface area contributed by atoms with Gasteiger partial charge < -0.3 is 5.32 Å². The maximum atomic E-state index is 3.76. The van der Waals surface area contributed by atoms with Crippen LogP contribution in [0.2, 0.25) is 0 Å². The van der Waals surface area contributed by atoms with Gasteiger partial charge in [-0.25, -0.2) is 0 Å². The van der Waals surface area contributed by atoms with Crippen LogP contribution in [0.25, 0.3) is 0 Å². The van der Waals surface area contributed by atoms with Gasteiger partial charge in [0.15, 0.2) is 0 Å². The highest BCUT2D eigenvalue weighted by molar-refractivity contribution is 4.90. The molecule has 1 heteroatoms. The summed E-state index contributed by atoms with van der Waals surface area (Å²) >= 11 is 0. The number of rotatable bonds is 6. The van der Waals surface area contributed by atoms with Crippen molar-refractivity contribution in [1.82, 2.24) is 5.32 Å². The molecular weight excluding hydrogens is 182 g/mol. The van der Waals surface area contributed by atoms with E-state index in [1.807, 2.05) is 0 Å². The molecule has 0 aromatic carbocycles. The molecule has 0 aliphatic heterocycles. The highest BCUT2D eigenvalue weighted by Crippen LogP contribution is 2.42. The van der Waals surface area contributed by atoms with Crippen LogP contribution in [0.1, 0.15) is 65.2 Å². The zero-order chi connectivity index (χ0) is 10.7. The molecule has 1 N–H and O–H groups in total. The summed E-state index contributed by atoms with van der Waals surface area (Å²) in [6.45, 7) is 6.03. The Morgan fingerprint density at radius 3 is 2.40 bits per heavy atom. The molecular formula is C14H27N. The molecule has 2 aliphatic rings. The van der Waals surface area contributed by atoms with Crippen molar-refractivity contribution >= 4 is 0 Å². The number of hydrogen-bond acceptors (Lipinski definition) is 1. The predicted molar refractivity (Wildman–Crippen MR) is 66.0 cm³/mol. The lowest BCUT2D eigenvalue weighted by Crippen LogP contribution is -2.33. The van der Waals surface area contributed by atoms with E-state index in [0.29, 0.717) is 5.41 Å². The fourth-order valence-electron chi connectivity index (χ4n) is 2.88. The average molecular weight is 209 g/mol. The molecule has 1 nitrogen and oxygen atoms in total. The van der Waals surface area contributed by atoms with Gasteiger partial charge in [0.2, 0.25) is 0 Å². The summed E-state index contributed by atoms with van der Waals surface area (Å²) in [7, 11) is 0. The molecule has 2 rings (SSSR count). The Morgan fingerprint density at radius 1 is 1.20 bits per heavy atom. The van der Waals surface area contributed by atoms with Crippen LogP contribution in [-0.4, -0.2) is 12.6 Å². The Labute approximate surface area is 95.0 Å². The Bertz CT molecular complexity index is 180. The highest BCUT2D eigenvalue weighted by atomic mass is 15.0. The summed E-state index contributed by atoms with van der Waals surface area (Å²) in [4.78, 5) is 0. The van der Waals surface area contributed by atoms with Crippen molar-refractivity contribution in [1.29, 1.82) is 0 Å². The largest absolute Gasteiger partial charge is 0.313 e. The van der Waals surface area contributed by atoms with Crippen molar-refractivity contribution in [2.45, 2.75) is 71.3 Å². The maximum Gasteiger partial charge on any atom is 0.00684 e. The van der Waals surface area contributed by atoms with Gasteiger partial charge in [0.05, 0.1) is 0 Å². The topological polar surface area (TPSA) is 12.0 Å². The molecule has 15 heavy (non-hydrogen) atoms. The summed E-state index contributed by atoms with van der Waals surface area (Å²) in [6.07, 6.45) is 11.7. The quantitative estimate of drug-likeness (QED) is 0.703. The minimum absolute atomic E-state index is 0.687. The first-order chi connectivity index (χ1) is 7.20. The van der Waals surface area contributed by atoms with E-state index in [4.69, 9.17) is 0 Å². The van der Waals surface area contributed by atoms with Gasteiger partial charge >= 0.3 is 0 Å². The molecule has 88 valence electrons. The van der Waals surface area contributed by atoms with Crippen LogP contribution in [0, 0.1) is 11.3 Å². The van der Waals surface area contributed by atoms with E-state index in [0.717, 1.165) is 12.0 Å². The average Bonchev–Trinajstić information content (AvgIpc) is 2.93. The standard InChI is InChI=1S/C14H27N/c1-12(2)7-10-14(8-3-4-9-14)11-15-13-5-6-13/h12-13,15H,3-11H2,1-2H3. The van der Waals surface area contributed by atoms with Gasteiger partial charge in [-0.15, -0.1) is 0 Å². The molecule has 0 amide bonds. The summed E-state index contributed by atoms with van der Waals surface area (Å²) in [6, 6.07) is 0.890. The van der Waals surface area contributed by atoms with Crippen molar-refractivity contribution in [3.05, 3.63) is 0 Å². The summed E-state index contributed by atoms with van der Waals surface area (Å²) in [5.74, 6) is 0.878. The van der Waals surface area contributed by atoms with Crippen molar-refractivity contribution in [2.24, 2.45) is 11.3 Å². The third kappa shape index (κ3) is 3.48. The Morgan fingerprint density at radius 2 is 1.87 bits per heavy atom. The molecule has 0 heterocycles. The lowest BCUT2D eigenvalue weighted by Gasteiger charge is -2.30. The van der Waals surface area contributed by atoms with Gasteiger partial charge in [0, 0.05) is 12.6 Å². The van der Waals surface area contributed by atoms with Crippen LogP contribution < -0.4 is 5.32 Å². The lowest BCUT2D eigenvalue weighted by atomic mass is 9.79. The van der Waals surface area contributed by atoms with E-state index in [2.05, 4.69) is 19.2 Å². The molecule has 0 saturated heterocycles. The monoisotopic (exact) mass is 209 g/mol. The maximum absolute atomic E-state index is 3.76. The summed E-state index contributed by atoms with van der Waals surface area (Å²) in [5.41, 5.74) is 0.687. The minimum atomic E-state index is 0.687. The van der Waals surface area contributed by atoms with E-state index in [1.54, 1.807) is 0 Å². The van der Waals surface area contributed by atoms with Gasteiger partial charge in [-0.2, -0.15) is 0 Å². The lowest BCUT2D eigenvalue weighted by molar-refractivity contribution is 0.237. The zero-order valence-electron chi connectivity index (χ0n) is 10.5. The fourth-order valence-corrected chi connectivity index (χ4v) is 2.88. The van der Waals surface area contributed by atoms with Crippen LogP contribution in [0.15, 0.2) is 0 Å². The van der Waals surface area contributed by atoms with Gasteiger partial charge in [0.1, 0.15) is 0 Å². The smallest absolute Gasteiger partial charge is 0.00684 e. The SMILES string of the molecule is CC(C)CCC1(CNC2CC2)CCCC1. The molecule has 0 spiro atoms. The zero-order valence-corrected chi connectivity index (χ0v) is 10.5. The van der Waals surface area contributed by atoms with Gasteiger partial charge in [0.25, 0.3) is 0 Å². The van der Waals surface area contributed by atoms with Crippen LogP contribution in [-0.2, 0) is 0 Å². The second-order valence-corrected chi connectivity index (χ2v) is 6.29. The number of hydrogen-bond donors (Lipinski definition) is 1. The highest BCUT2D eigenvalue weighted by Gasteiger charge is 2.35. The van der Waals surface area contributed by atoms with Crippen molar-refractivity contribution in [2.75, 3.05) is 6.54 Å². The first kappa shape index (κ1) is 11.4. The molecule has 0 aromatic rings. The first-order valence-electron chi connectivity index (χ1n) is 6.94. The predicted octanol–water partition coefficient (Wildman–Crippen LogP) is 3.74. The van der Waals surface area contributed by atoms with E-state index >= 15 is 0 Å². The first-order valence-corrected chi connectivity index (χ1v) is 6.94. The summed E-state index contributed by atoms with van der Waals surface area (Å²) < 4.78 is 0. The Kier molecular flexibility index (Phi) is 3.71. The van der Waals surface area contributed by atoms with Crippen LogP contribution in [0.3, 0.4) is 0 Å². The van der Waals surface area contributed by atoms with E-state index in [1.165, 1.54) is 57.9 Å². The normalized spacial score (nSPS) is 25.0. The van der Waals surface area contributed by atoms with Crippen molar-refractivity contribution in [3.8, 4) is 0 Å². The Balaban J connectivity index is 1.78. The van der Waals surface area contributed by atoms with Crippen molar-refractivity contribution < 1.29 is 0 Å². The second kappa shape index (κ2) is 4.86.